The second-order valence-electron chi connectivity index (χ2n) is 5.96. The minimum absolute atomic E-state index is 0.223. The fourth-order valence-electron chi connectivity index (χ4n) is 3.35. The molecule has 0 spiro atoms. The van der Waals surface area contributed by atoms with Gasteiger partial charge in [-0.15, -0.1) is 11.3 Å². The highest BCUT2D eigenvalue weighted by atomic mass is 32.1. The van der Waals surface area contributed by atoms with E-state index in [9.17, 15) is 13.6 Å². The van der Waals surface area contributed by atoms with Crippen LogP contribution in [0.25, 0.3) is 0 Å². The van der Waals surface area contributed by atoms with Crippen molar-refractivity contribution in [1.82, 2.24) is 4.90 Å². The van der Waals surface area contributed by atoms with Crippen LogP contribution in [-0.4, -0.2) is 17.4 Å². The zero-order valence-electron chi connectivity index (χ0n) is 13.3. The molecule has 25 heavy (non-hydrogen) atoms. The van der Waals surface area contributed by atoms with E-state index in [0.29, 0.717) is 6.54 Å². The van der Waals surface area contributed by atoms with Crippen molar-refractivity contribution in [2.24, 2.45) is 0 Å². The topological polar surface area (TPSA) is 20.3 Å². The number of hydrogen-bond donors (Lipinski definition) is 0. The van der Waals surface area contributed by atoms with E-state index in [1.54, 1.807) is 16.2 Å². The summed E-state index contributed by atoms with van der Waals surface area (Å²) in [6.07, 6.45) is 0.721. The lowest BCUT2D eigenvalue weighted by molar-refractivity contribution is 0.0690. The Bertz CT molecular complexity index is 922. The van der Waals surface area contributed by atoms with Crippen molar-refractivity contribution in [1.29, 1.82) is 0 Å². The standard InChI is InChI=1S/C20H15F2NOS/c21-16-8-4-7-15(18(16)22)20(24)23-11-9-17-14(10-12-25-17)19(23)13-5-2-1-3-6-13/h1-8,10,12,19H,9,11H2. The van der Waals surface area contributed by atoms with Gasteiger partial charge in [-0.05, 0) is 41.1 Å². The van der Waals surface area contributed by atoms with E-state index in [0.717, 1.165) is 23.6 Å². The SMILES string of the molecule is O=C(c1cccc(F)c1F)N1CCc2sccc2C1c1ccccc1. The molecule has 0 bridgehead atoms. The number of thiophene rings is 1. The molecule has 0 fully saturated rings. The number of rotatable bonds is 2. The van der Waals surface area contributed by atoms with Gasteiger partial charge in [-0.1, -0.05) is 36.4 Å². The molecule has 2 heterocycles. The molecule has 126 valence electrons. The molecule has 0 saturated carbocycles. The van der Waals surface area contributed by atoms with Gasteiger partial charge in [0.2, 0.25) is 0 Å². The quantitative estimate of drug-likeness (QED) is 0.646. The lowest BCUT2D eigenvalue weighted by atomic mass is 9.92. The Morgan fingerprint density at radius 3 is 2.64 bits per heavy atom. The number of carbonyl (C=O) groups is 1. The van der Waals surface area contributed by atoms with E-state index in [-0.39, 0.29) is 11.6 Å². The summed E-state index contributed by atoms with van der Waals surface area (Å²) in [6.45, 7) is 0.474. The number of carbonyl (C=O) groups excluding carboxylic acids is 1. The fraction of sp³-hybridized carbons (Fsp3) is 0.150. The van der Waals surface area contributed by atoms with Gasteiger partial charge in [-0.25, -0.2) is 8.78 Å². The van der Waals surface area contributed by atoms with E-state index < -0.39 is 17.5 Å². The molecule has 0 aliphatic carbocycles. The molecule has 0 N–H and O–H groups in total. The van der Waals surface area contributed by atoms with Crippen molar-refractivity contribution < 1.29 is 13.6 Å². The number of halogens is 2. The lowest BCUT2D eigenvalue weighted by Crippen LogP contribution is -2.40. The van der Waals surface area contributed by atoms with Crippen molar-refractivity contribution in [2.75, 3.05) is 6.54 Å². The van der Waals surface area contributed by atoms with Crippen molar-refractivity contribution in [3.8, 4) is 0 Å². The Hall–Kier alpha value is -2.53. The van der Waals surface area contributed by atoms with Crippen molar-refractivity contribution in [3.63, 3.8) is 0 Å². The average Bonchev–Trinajstić information content (AvgIpc) is 3.12. The van der Waals surface area contributed by atoms with E-state index in [4.69, 9.17) is 0 Å². The zero-order chi connectivity index (χ0) is 17.4. The van der Waals surface area contributed by atoms with Crippen LogP contribution in [0.2, 0.25) is 0 Å². The van der Waals surface area contributed by atoms with Crippen molar-refractivity contribution in [3.05, 3.63) is 93.2 Å². The molecule has 1 aromatic heterocycles. The zero-order valence-corrected chi connectivity index (χ0v) is 14.1. The molecule has 5 heteroatoms. The number of amides is 1. The molecule has 1 amide bonds. The van der Waals surface area contributed by atoms with Crippen LogP contribution in [-0.2, 0) is 6.42 Å². The van der Waals surface area contributed by atoms with Crippen molar-refractivity contribution >= 4 is 17.2 Å². The summed E-state index contributed by atoms with van der Waals surface area (Å²) in [6, 6.07) is 15.1. The largest absolute Gasteiger partial charge is 0.327 e. The molecule has 3 aromatic rings. The van der Waals surface area contributed by atoms with E-state index in [1.165, 1.54) is 17.0 Å². The summed E-state index contributed by atoms with van der Waals surface area (Å²) in [4.78, 5) is 15.9. The van der Waals surface area contributed by atoms with Crippen LogP contribution in [0.3, 0.4) is 0 Å². The first kappa shape index (κ1) is 16.0. The first-order valence-corrected chi connectivity index (χ1v) is 8.91. The molecular weight excluding hydrogens is 340 g/mol. The van der Waals surface area contributed by atoms with Crippen LogP contribution in [0, 0.1) is 11.6 Å². The van der Waals surface area contributed by atoms with Gasteiger partial charge in [0.25, 0.3) is 5.91 Å². The third-order valence-electron chi connectivity index (χ3n) is 4.52. The van der Waals surface area contributed by atoms with Crippen LogP contribution < -0.4 is 0 Å². The molecule has 1 aliphatic heterocycles. The maximum absolute atomic E-state index is 14.2. The molecule has 2 aromatic carbocycles. The van der Waals surface area contributed by atoms with Gasteiger partial charge >= 0.3 is 0 Å². The minimum Gasteiger partial charge on any atom is -0.327 e. The Labute approximate surface area is 148 Å². The normalized spacial score (nSPS) is 16.6. The molecular formula is C20H15F2NOS. The van der Waals surface area contributed by atoms with Gasteiger partial charge < -0.3 is 4.90 Å². The Morgan fingerprint density at radius 1 is 1.04 bits per heavy atom. The first-order chi connectivity index (χ1) is 12.2. The molecule has 4 rings (SSSR count). The summed E-state index contributed by atoms with van der Waals surface area (Å²) >= 11 is 1.67. The predicted molar refractivity (Wildman–Crippen MR) is 93.7 cm³/mol. The lowest BCUT2D eigenvalue weighted by Gasteiger charge is -2.36. The van der Waals surface area contributed by atoms with Gasteiger partial charge in [0, 0.05) is 11.4 Å². The Balaban J connectivity index is 1.80. The highest BCUT2D eigenvalue weighted by Crippen LogP contribution is 2.38. The fourth-order valence-corrected chi connectivity index (χ4v) is 4.26. The summed E-state index contributed by atoms with van der Waals surface area (Å²) in [7, 11) is 0. The third kappa shape index (κ3) is 2.74. The molecule has 0 saturated heterocycles. The number of benzene rings is 2. The highest BCUT2D eigenvalue weighted by Gasteiger charge is 2.34. The summed E-state index contributed by atoms with van der Waals surface area (Å²) in [5.41, 5.74) is 1.80. The predicted octanol–water partition coefficient (Wildman–Crippen LogP) is 4.81. The Kier molecular flexibility index (Phi) is 4.09. The third-order valence-corrected chi connectivity index (χ3v) is 5.52. The maximum Gasteiger partial charge on any atom is 0.257 e. The van der Waals surface area contributed by atoms with Gasteiger partial charge in [-0.2, -0.15) is 0 Å². The van der Waals surface area contributed by atoms with Gasteiger partial charge in [0.15, 0.2) is 11.6 Å². The molecule has 1 atom stereocenters. The Morgan fingerprint density at radius 2 is 1.84 bits per heavy atom. The molecule has 1 unspecified atom stereocenters. The monoisotopic (exact) mass is 355 g/mol. The van der Waals surface area contributed by atoms with Crippen LogP contribution in [0.1, 0.15) is 32.4 Å². The molecule has 0 radical (unpaired) electrons. The maximum atomic E-state index is 14.2. The highest BCUT2D eigenvalue weighted by molar-refractivity contribution is 7.10. The van der Waals surface area contributed by atoms with E-state index in [1.807, 2.05) is 41.8 Å². The number of nitrogens with zero attached hydrogens (tertiary/aromatic N) is 1. The van der Waals surface area contributed by atoms with Gasteiger partial charge in [0.1, 0.15) is 0 Å². The minimum atomic E-state index is -1.09. The number of hydrogen-bond acceptors (Lipinski definition) is 2. The molecule has 1 aliphatic rings. The smallest absolute Gasteiger partial charge is 0.257 e. The average molecular weight is 355 g/mol. The second-order valence-corrected chi connectivity index (χ2v) is 6.96. The van der Waals surface area contributed by atoms with Gasteiger partial charge in [0.05, 0.1) is 11.6 Å². The summed E-state index contributed by atoms with van der Waals surface area (Å²) < 4.78 is 27.7. The van der Waals surface area contributed by atoms with Gasteiger partial charge in [-0.3, -0.25) is 4.79 Å². The summed E-state index contributed by atoms with van der Waals surface area (Å²) in [5, 5.41) is 2.01. The van der Waals surface area contributed by atoms with Crippen LogP contribution in [0.15, 0.2) is 60.0 Å². The van der Waals surface area contributed by atoms with Crippen molar-refractivity contribution in [2.45, 2.75) is 12.5 Å². The number of fused-ring (bicyclic) bond motifs is 1. The van der Waals surface area contributed by atoms with Crippen LogP contribution in [0.4, 0.5) is 8.78 Å². The van der Waals surface area contributed by atoms with Crippen LogP contribution >= 0.6 is 11.3 Å². The molecule has 2 nitrogen and oxygen atoms in total. The van der Waals surface area contributed by atoms with E-state index in [2.05, 4.69) is 0 Å². The second kappa shape index (κ2) is 6.41. The first-order valence-electron chi connectivity index (χ1n) is 8.03. The van der Waals surface area contributed by atoms with E-state index >= 15 is 0 Å². The van der Waals surface area contributed by atoms with Crippen LogP contribution in [0.5, 0.6) is 0 Å². The summed E-state index contributed by atoms with van der Waals surface area (Å²) in [5.74, 6) is -2.58.